The van der Waals surface area contributed by atoms with Gasteiger partial charge in [0.2, 0.25) is 0 Å². The van der Waals surface area contributed by atoms with E-state index in [9.17, 15) is 15.0 Å². The van der Waals surface area contributed by atoms with E-state index in [2.05, 4.69) is 0 Å². The smallest absolute Gasteiger partial charge is 0.327 e. The summed E-state index contributed by atoms with van der Waals surface area (Å²) >= 11 is 1.43. The standard InChI is InChI=1S/C24H18O5S/c25-17-8-11-19(12-9-17)29-24-23(20-13-10-18(26)14-21(20)30-24)16-6-4-15(5-7-16)2-1-3-22(27)28/h1,3-14,25-26H,2H2,(H,27,28)/b3-1+. The number of fused-ring (bicyclic) bond motifs is 1. The zero-order chi connectivity index (χ0) is 21.1. The number of thiophene rings is 1. The van der Waals surface area contributed by atoms with Crippen LogP contribution in [-0.2, 0) is 11.2 Å². The van der Waals surface area contributed by atoms with Gasteiger partial charge < -0.3 is 20.1 Å². The summed E-state index contributed by atoms with van der Waals surface area (Å²) in [6.45, 7) is 0. The molecule has 0 saturated carbocycles. The fraction of sp³-hybridized carbons (Fsp3) is 0.0417. The van der Waals surface area contributed by atoms with Crippen LogP contribution >= 0.6 is 11.3 Å². The van der Waals surface area contributed by atoms with Crippen LogP contribution in [0.3, 0.4) is 0 Å². The summed E-state index contributed by atoms with van der Waals surface area (Å²) in [5.74, 6) is -0.0145. The molecule has 0 bridgehead atoms. The molecule has 0 saturated heterocycles. The molecule has 1 heterocycles. The summed E-state index contributed by atoms with van der Waals surface area (Å²) < 4.78 is 7.01. The Morgan fingerprint density at radius 1 is 0.933 bits per heavy atom. The first-order chi connectivity index (χ1) is 14.5. The third kappa shape index (κ3) is 4.29. The highest BCUT2D eigenvalue weighted by Crippen LogP contribution is 2.47. The van der Waals surface area contributed by atoms with Crippen molar-refractivity contribution in [1.82, 2.24) is 0 Å². The van der Waals surface area contributed by atoms with E-state index >= 15 is 0 Å². The first-order valence-electron chi connectivity index (χ1n) is 9.21. The van der Waals surface area contributed by atoms with Gasteiger partial charge in [0.1, 0.15) is 17.2 Å². The number of aliphatic carboxylic acids is 1. The van der Waals surface area contributed by atoms with Crippen LogP contribution in [0, 0.1) is 0 Å². The monoisotopic (exact) mass is 418 g/mol. The lowest BCUT2D eigenvalue weighted by Crippen LogP contribution is -1.88. The number of hydrogen-bond acceptors (Lipinski definition) is 5. The second-order valence-corrected chi connectivity index (χ2v) is 7.70. The van der Waals surface area contributed by atoms with Gasteiger partial charge in [0, 0.05) is 21.7 Å². The maximum absolute atomic E-state index is 10.6. The van der Waals surface area contributed by atoms with Gasteiger partial charge in [-0.1, -0.05) is 41.7 Å². The molecule has 0 radical (unpaired) electrons. The zero-order valence-corrected chi connectivity index (χ0v) is 16.6. The van der Waals surface area contributed by atoms with Crippen LogP contribution in [0.25, 0.3) is 21.2 Å². The van der Waals surface area contributed by atoms with Gasteiger partial charge in [-0.05, 0) is 60.0 Å². The molecular weight excluding hydrogens is 400 g/mol. The quantitative estimate of drug-likeness (QED) is 0.337. The highest BCUT2D eigenvalue weighted by atomic mass is 32.1. The van der Waals surface area contributed by atoms with Crippen molar-refractivity contribution in [2.75, 3.05) is 0 Å². The third-order valence-electron chi connectivity index (χ3n) is 4.55. The van der Waals surface area contributed by atoms with E-state index in [1.165, 1.54) is 11.3 Å². The molecule has 0 fully saturated rings. The maximum atomic E-state index is 10.6. The molecule has 4 aromatic rings. The second-order valence-electron chi connectivity index (χ2n) is 6.68. The average Bonchev–Trinajstić information content (AvgIpc) is 3.07. The molecule has 0 aliphatic carbocycles. The number of carbonyl (C=O) groups is 1. The van der Waals surface area contributed by atoms with Gasteiger partial charge in [0.05, 0.1) is 0 Å². The number of allylic oxidation sites excluding steroid dienone is 1. The predicted molar refractivity (Wildman–Crippen MR) is 118 cm³/mol. The summed E-state index contributed by atoms with van der Waals surface area (Å²) in [6, 6.07) is 19.6. The molecule has 30 heavy (non-hydrogen) atoms. The minimum atomic E-state index is -0.962. The number of ether oxygens (including phenoxy) is 1. The van der Waals surface area contributed by atoms with E-state index < -0.39 is 5.97 Å². The first-order valence-corrected chi connectivity index (χ1v) is 10.0. The normalized spacial score (nSPS) is 11.2. The van der Waals surface area contributed by atoms with Gasteiger partial charge >= 0.3 is 5.97 Å². The van der Waals surface area contributed by atoms with Gasteiger partial charge in [0.15, 0.2) is 5.06 Å². The van der Waals surface area contributed by atoms with E-state index in [4.69, 9.17) is 9.84 Å². The molecule has 0 spiro atoms. The van der Waals surface area contributed by atoms with Crippen LogP contribution in [-0.4, -0.2) is 21.3 Å². The summed E-state index contributed by atoms with van der Waals surface area (Å²) in [7, 11) is 0. The van der Waals surface area contributed by atoms with Crippen LogP contribution in [0.15, 0.2) is 78.9 Å². The minimum Gasteiger partial charge on any atom is -0.508 e. The van der Waals surface area contributed by atoms with Gasteiger partial charge in [0.25, 0.3) is 0 Å². The molecule has 0 amide bonds. The molecule has 5 nitrogen and oxygen atoms in total. The summed E-state index contributed by atoms with van der Waals surface area (Å²) in [6.07, 6.45) is 3.28. The van der Waals surface area contributed by atoms with Crippen LogP contribution < -0.4 is 4.74 Å². The van der Waals surface area contributed by atoms with E-state index in [0.717, 1.165) is 32.9 Å². The van der Waals surface area contributed by atoms with Gasteiger partial charge in [-0.25, -0.2) is 4.79 Å². The molecule has 4 rings (SSSR count). The molecule has 3 N–H and O–H groups in total. The van der Waals surface area contributed by atoms with Crippen molar-refractivity contribution in [3.63, 3.8) is 0 Å². The summed E-state index contributed by atoms with van der Waals surface area (Å²) in [5, 5.41) is 29.7. The summed E-state index contributed by atoms with van der Waals surface area (Å²) in [5.41, 5.74) is 2.86. The molecular formula is C24H18O5S. The van der Waals surface area contributed by atoms with Crippen molar-refractivity contribution in [3.8, 4) is 33.4 Å². The highest BCUT2D eigenvalue weighted by Gasteiger charge is 2.17. The molecule has 1 aromatic heterocycles. The number of benzene rings is 3. The second kappa shape index (κ2) is 8.31. The minimum absolute atomic E-state index is 0.163. The molecule has 0 unspecified atom stereocenters. The number of aromatic hydroxyl groups is 2. The van der Waals surface area contributed by atoms with E-state index in [-0.39, 0.29) is 11.5 Å². The Hall–Kier alpha value is -3.77. The Kier molecular flexibility index (Phi) is 5.41. The van der Waals surface area contributed by atoms with Crippen molar-refractivity contribution < 1.29 is 24.9 Å². The van der Waals surface area contributed by atoms with E-state index in [0.29, 0.717) is 17.2 Å². The number of hydrogen-bond donors (Lipinski definition) is 3. The lowest BCUT2D eigenvalue weighted by Gasteiger charge is -2.08. The fourth-order valence-electron chi connectivity index (χ4n) is 3.13. The topological polar surface area (TPSA) is 87.0 Å². The lowest BCUT2D eigenvalue weighted by molar-refractivity contribution is -0.131. The largest absolute Gasteiger partial charge is 0.508 e. The van der Waals surface area contributed by atoms with Gasteiger partial charge in [-0.2, -0.15) is 0 Å². The average molecular weight is 418 g/mol. The van der Waals surface area contributed by atoms with Gasteiger partial charge in [-0.15, -0.1) is 0 Å². The van der Waals surface area contributed by atoms with Crippen molar-refractivity contribution in [2.45, 2.75) is 6.42 Å². The van der Waals surface area contributed by atoms with Gasteiger partial charge in [-0.3, -0.25) is 0 Å². The zero-order valence-electron chi connectivity index (χ0n) is 15.8. The Morgan fingerprint density at radius 3 is 2.33 bits per heavy atom. The van der Waals surface area contributed by atoms with E-state index in [1.807, 2.05) is 30.3 Å². The van der Waals surface area contributed by atoms with Crippen molar-refractivity contribution >= 4 is 27.4 Å². The SMILES string of the molecule is O=C(O)/C=C/Cc1ccc(-c2c(Oc3ccc(O)cc3)sc3cc(O)ccc23)cc1. The van der Waals surface area contributed by atoms with Crippen molar-refractivity contribution in [3.05, 3.63) is 84.4 Å². The highest BCUT2D eigenvalue weighted by molar-refractivity contribution is 7.21. The number of rotatable bonds is 6. The Bertz CT molecular complexity index is 1220. The van der Waals surface area contributed by atoms with E-state index in [1.54, 1.807) is 42.5 Å². The molecule has 0 aliphatic rings. The number of carboxylic acid groups (broad SMARTS) is 1. The molecule has 0 aliphatic heterocycles. The summed E-state index contributed by atoms with van der Waals surface area (Å²) in [4.78, 5) is 10.6. The van der Waals surface area contributed by atoms with Crippen molar-refractivity contribution in [1.29, 1.82) is 0 Å². The number of phenols is 2. The molecule has 150 valence electrons. The number of carboxylic acids is 1. The predicted octanol–water partition coefficient (Wildman–Crippen LogP) is 5.96. The lowest BCUT2D eigenvalue weighted by atomic mass is 10.0. The fourth-order valence-corrected chi connectivity index (χ4v) is 4.26. The first kappa shape index (κ1) is 19.5. The van der Waals surface area contributed by atoms with Crippen LogP contribution in [0.1, 0.15) is 5.56 Å². The van der Waals surface area contributed by atoms with Crippen LogP contribution in [0.2, 0.25) is 0 Å². The molecule has 6 heteroatoms. The van der Waals surface area contributed by atoms with Crippen LogP contribution in [0.4, 0.5) is 0 Å². The number of phenolic OH excluding ortho intramolecular Hbond substituents is 2. The molecule has 3 aromatic carbocycles. The Balaban J connectivity index is 1.72. The Labute approximate surface area is 176 Å². The third-order valence-corrected chi connectivity index (χ3v) is 5.58. The Morgan fingerprint density at radius 2 is 1.63 bits per heavy atom. The maximum Gasteiger partial charge on any atom is 0.327 e. The van der Waals surface area contributed by atoms with Crippen LogP contribution in [0.5, 0.6) is 22.3 Å². The molecule has 0 atom stereocenters. The van der Waals surface area contributed by atoms with Crippen molar-refractivity contribution in [2.24, 2.45) is 0 Å².